The Morgan fingerprint density at radius 3 is 2.21 bits per heavy atom. The van der Waals surface area contributed by atoms with Gasteiger partial charge in [0.2, 0.25) is 0 Å². The molecule has 0 saturated heterocycles. The molecular formula is C20H27NO3. The Bertz CT molecular complexity index is 671. The summed E-state index contributed by atoms with van der Waals surface area (Å²) in [6, 6.07) is 1.57. The second kappa shape index (κ2) is 5.47. The van der Waals surface area contributed by atoms with Crippen molar-refractivity contribution >= 4 is 5.91 Å². The van der Waals surface area contributed by atoms with Gasteiger partial charge in [-0.1, -0.05) is 0 Å². The van der Waals surface area contributed by atoms with Crippen LogP contribution < -0.4 is 10.9 Å². The molecule has 4 fully saturated rings. The molecule has 0 spiro atoms. The quantitative estimate of drug-likeness (QED) is 0.922. The fourth-order valence-electron chi connectivity index (χ4n) is 6.23. The van der Waals surface area contributed by atoms with Gasteiger partial charge in [-0.25, -0.2) is 4.79 Å². The zero-order chi connectivity index (χ0) is 17.1. The summed E-state index contributed by atoms with van der Waals surface area (Å²) in [5.74, 6) is 2.92. The highest BCUT2D eigenvalue weighted by molar-refractivity contribution is 5.96. The van der Waals surface area contributed by atoms with Crippen LogP contribution in [-0.2, 0) is 0 Å². The van der Waals surface area contributed by atoms with Crippen molar-refractivity contribution in [3.8, 4) is 0 Å². The Morgan fingerprint density at radius 2 is 1.71 bits per heavy atom. The first kappa shape index (κ1) is 15.9. The standard InChI is InChI=1S/C20H27NO3/c1-11-4-17(22)24-12(2)18(11)19(23)21-13(3)20-8-14-5-15(9-20)7-16(6-14)10-20/h4,13-16H,5-10H2,1-3H3,(H,21,23). The molecule has 4 nitrogen and oxygen atoms in total. The maximum absolute atomic E-state index is 12.8. The molecule has 4 bridgehead atoms. The highest BCUT2D eigenvalue weighted by atomic mass is 16.4. The van der Waals surface area contributed by atoms with Crippen molar-refractivity contribution in [3.05, 3.63) is 33.4 Å². The van der Waals surface area contributed by atoms with Gasteiger partial charge in [-0.05, 0) is 88.0 Å². The topological polar surface area (TPSA) is 59.3 Å². The van der Waals surface area contributed by atoms with Crippen LogP contribution in [0.5, 0.6) is 0 Å². The maximum atomic E-state index is 12.8. The van der Waals surface area contributed by atoms with Gasteiger partial charge in [-0.3, -0.25) is 4.79 Å². The zero-order valence-electron chi connectivity index (χ0n) is 14.9. The molecule has 0 radical (unpaired) electrons. The third-order valence-corrected chi connectivity index (χ3v) is 6.91. The summed E-state index contributed by atoms with van der Waals surface area (Å²) in [6.45, 7) is 5.67. The maximum Gasteiger partial charge on any atom is 0.336 e. The molecule has 24 heavy (non-hydrogen) atoms. The fourth-order valence-corrected chi connectivity index (χ4v) is 6.23. The Morgan fingerprint density at radius 1 is 1.17 bits per heavy atom. The van der Waals surface area contributed by atoms with Crippen LogP contribution in [0.25, 0.3) is 0 Å². The minimum absolute atomic E-state index is 0.100. The van der Waals surface area contributed by atoms with E-state index >= 15 is 0 Å². The van der Waals surface area contributed by atoms with E-state index in [0.29, 0.717) is 16.9 Å². The Labute approximate surface area is 143 Å². The van der Waals surface area contributed by atoms with E-state index in [0.717, 1.165) is 17.8 Å². The first-order valence-corrected chi connectivity index (χ1v) is 9.28. The van der Waals surface area contributed by atoms with E-state index in [-0.39, 0.29) is 17.4 Å². The van der Waals surface area contributed by atoms with Gasteiger partial charge in [0.25, 0.3) is 5.91 Å². The monoisotopic (exact) mass is 329 g/mol. The van der Waals surface area contributed by atoms with Gasteiger partial charge in [-0.2, -0.15) is 0 Å². The molecule has 4 heteroatoms. The lowest BCUT2D eigenvalue weighted by molar-refractivity contribution is -0.0688. The highest BCUT2D eigenvalue weighted by Crippen LogP contribution is 2.61. The molecule has 1 amide bonds. The van der Waals surface area contributed by atoms with Gasteiger partial charge >= 0.3 is 5.63 Å². The first-order chi connectivity index (χ1) is 11.4. The molecule has 1 aromatic heterocycles. The normalized spacial score (nSPS) is 35.0. The van der Waals surface area contributed by atoms with Crippen molar-refractivity contribution in [2.75, 3.05) is 0 Å². The third-order valence-electron chi connectivity index (χ3n) is 6.91. The number of aryl methyl sites for hydroxylation is 2. The fraction of sp³-hybridized carbons (Fsp3) is 0.700. The predicted molar refractivity (Wildman–Crippen MR) is 92.0 cm³/mol. The van der Waals surface area contributed by atoms with E-state index in [4.69, 9.17) is 4.42 Å². The van der Waals surface area contributed by atoms with Crippen LogP contribution in [-0.4, -0.2) is 11.9 Å². The van der Waals surface area contributed by atoms with Gasteiger partial charge in [0.05, 0.1) is 5.56 Å². The zero-order valence-corrected chi connectivity index (χ0v) is 14.9. The van der Waals surface area contributed by atoms with Crippen molar-refractivity contribution in [1.29, 1.82) is 0 Å². The molecule has 4 saturated carbocycles. The van der Waals surface area contributed by atoms with Crippen molar-refractivity contribution in [2.45, 2.75) is 65.3 Å². The van der Waals surface area contributed by atoms with Crippen LogP contribution in [0.4, 0.5) is 0 Å². The lowest BCUT2D eigenvalue weighted by Gasteiger charge is -2.59. The summed E-state index contributed by atoms with van der Waals surface area (Å²) in [4.78, 5) is 24.3. The van der Waals surface area contributed by atoms with Crippen molar-refractivity contribution in [2.24, 2.45) is 23.2 Å². The van der Waals surface area contributed by atoms with Crippen LogP contribution >= 0.6 is 0 Å². The number of carbonyl (C=O) groups is 1. The van der Waals surface area contributed by atoms with Crippen LogP contribution in [0.3, 0.4) is 0 Å². The van der Waals surface area contributed by atoms with Crippen molar-refractivity contribution in [3.63, 3.8) is 0 Å². The second-order valence-corrected chi connectivity index (χ2v) is 8.65. The van der Waals surface area contributed by atoms with Gasteiger partial charge in [0, 0.05) is 12.1 Å². The smallest absolute Gasteiger partial charge is 0.336 e. The summed E-state index contributed by atoms with van der Waals surface area (Å²) in [5.41, 5.74) is 1.10. The number of carbonyl (C=O) groups excluding carboxylic acids is 1. The lowest BCUT2D eigenvalue weighted by atomic mass is 9.48. The Hall–Kier alpha value is -1.58. The van der Waals surface area contributed by atoms with Crippen LogP contribution in [0.15, 0.2) is 15.3 Å². The highest BCUT2D eigenvalue weighted by Gasteiger charge is 2.53. The van der Waals surface area contributed by atoms with E-state index in [1.54, 1.807) is 13.8 Å². The number of nitrogens with one attached hydrogen (secondary N) is 1. The van der Waals surface area contributed by atoms with Gasteiger partial charge in [0.1, 0.15) is 5.76 Å². The summed E-state index contributed by atoms with van der Waals surface area (Å²) >= 11 is 0. The number of hydrogen-bond donors (Lipinski definition) is 1. The van der Waals surface area contributed by atoms with Crippen LogP contribution in [0.2, 0.25) is 0 Å². The third kappa shape index (κ3) is 2.51. The molecule has 4 aliphatic rings. The number of rotatable bonds is 3. The number of amides is 1. The van der Waals surface area contributed by atoms with Gasteiger partial charge in [0.15, 0.2) is 0 Å². The molecule has 130 valence electrons. The largest absolute Gasteiger partial charge is 0.427 e. The molecule has 1 unspecified atom stereocenters. The molecule has 0 aromatic carbocycles. The lowest BCUT2D eigenvalue weighted by Crippen LogP contribution is -2.55. The van der Waals surface area contributed by atoms with Crippen LogP contribution in [0.1, 0.15) is 67.1 Å². The molecule has 1 heterocycles. The number of hydrogen-bond acceptors (Lipinski definition) is 3. The molecule has 1 atom stereocenters. The summed E-state index contributed by atoms with van der Waals surface area (Å²) in [7, 11) is 0. The molecule has 5 rings (SSSR count). The Kier molecular flexibility index (Phi) is 3.63. The van der Waals surface area contributed by atoms with E-state index in [9.17, 15) is 9.59 Å². The molecule has 0 aliphatic heterocycles. The van der Waals surface area contributed by atoms with Gasteiger partial charge < -0.3 is 9.73 Å². The van der Waals surface area contributed by atoms with E-state index in [2.05, 4.69) is 12.2 Å². The molecule has 1 N–H and O–H groups in total. The molecular weight excluding hydrogens is 302 g/mol. The average molecular weight is 329 g/mol. The van der Waals surface area contributed by atoms with Crippen molar-refractivity contribution < 1.29 is 9.21 Å². The molecule has 1 aromatic rings. The van der Waals surface area contributed by atoms with E-state index in [1.807, 2.05) is 0 Å². The minimum atomic E-state index is -0.393. The minimum Gasteiger partial charge on any atom is -0.427 e. The first-order valence-electron chi connectivity index (χ1n) is 9.28. The summed E-state index contributed by atoms with van der Waals surface area (Å²) in [6.07, 6.45) is 8.01. The second-order valence-electron chi connectivity index (χ2n) is 8.65. The molecule has 4 aliphatic carbocycles. The van der Waals surface area contributed by atoms with E-state index < -0.39 is 5.63 Å². The average Bonchev–Trinajstić information content (AvgIpc) is 2.44. The van der Waals surface area contributed by atoms with Crippen LogP contribution in [0, 0.1) is 37.0 Å². The summed E-state index contributed by atoms with van der Waals surface area (Å²) < 4.78 is 5.12. The van der Waals surface area contributed by atoms with Crippen molar-refractivity contribution in [1.82, 2.24) is 5.32 Å². The SMILES string of the molecule is Cc1cc(=O)oc(C)c1C(=O)NC(C)C12CC3CC(CC(C3)C1)C2. The van der Waals surface area contributed by atoms with E-state index in [1.165, 1.54) is 44.6 Å². The predicted octanol–water partition coefficient (Wildman–Crippen LogP) is 3.59. The Balaban J connectivity index is 1.55. The van der Waals surface area contributed by atoms with Gasteiger partial charge in [-0.15, -0.1) is 0 Å². The summed E-state index contributed by atoms with van der Waals surface area (Å²) in [5, 5.41) is 3.25.